The highest BCUT2D eigenvalue weighted by Crippen LogP contribution is 2.47. The molecule has 1 aliphatic carbocycles. The Labute approximate surface area is 156 Å². The minimum atomic E-state index is -1.38. The molecule has 1 heterocycles. The second kappa shape index (κ2) is 6.20. The van der Waals surface area contributed by atoms with Gasteiger partial charge in [-0.1, -0.05) is 24.3 Å². The number of alkyl halides is 1. The van der Waals surface area contributed by atoms with Crippen LogP contribution >= 0.6 is 0 Å². The molecule has 0 bridgehead atoms. The van der Waals surface area contributed by atoms with Crippen molar-refractivity contribution < 1.29 is 8.81 Å². The van der Waals surface area contributed by atoms with Gasteiger partial charge in [0.05, 0.1) is 17.3 Å². The molecule has 0 unspecified atom stereocenters. The lowest BCUT2D eigenvalue weighted by Gasteiger charge is -2.16. The Hall–Kier alpha value is -3.20. The van der Waals surface area contributed by atoms with Crippen LogP contribution in [0.4, 0.5) is 15.8 Å². The number of benzene rings is 2. The van der Waals surface area contributed by atoms with Gasteiger partial charge in [-0.15, -0.1) is 10.2 Å². The number of nitrogens with one attached hydrogen (secondary N) is 1. The smallest absolute Gasteiger partial charge is 0.249 e. The number of aromatic nitrogens is 2. The molecule has 3 aromatic rings. The molecular formula is C21H19FN4O. The highest BCUT2D eigenvalue weighted by molar-refractivity contribution is 5.76. The van der Waals surface area contributed by atoms with Gasteiger partial charge in [0.1, 0.15) is 11.1 Å². The number of hydrogen-bond acceptors (Lipinski definition) is 5. The van der Waals surface area contributed by atoms with Crippen LogP contribution in [0.3, 0.4) is 0 Å². The maximum atomic E-state index is 14.0. The van der Waals surface area contributed by atoms with E-state index in [1.54, 1.807) is 12.1 Å². The normalized spacial score (nSPS) is 15.2. The van der Waals surface area contributed by atoms with Crippen LogP contribution < -0.4 is 5.32 Å². The molecule has 2 aromatic carbocycles. The molecule has 0 amide bonds. The molecule has 1 aromatic heterocycles. The first kappa shape index (κ1) is 17.2. The maximum absolute atomic E-state index is 14.0. The van der Waals surface area contributed by atoms with Crippen LogP contribution in [-0.4, -0.2) is 10.2 Å². The van der Waals surface area contributed by atoms with Gasteiger partial charge in [0.2, 0.25) is 11.8 Å². The average molecular weight is 362 g/mol. The quantitative estimate of drug-likeness (QED) is 0.672. The van der Waals surface area contributed by atoms with Crippen molar-refractivity contribution in [2.75, 3.05) is 5.32 Å². The van der Waals surface area contributed by atoms with Gasteiger partial charge in [-0.3, -0.25) is 0 Å². The summed E-state index contributed by atoms with van der Waals surface area (Å²) in [4.78, 5) is 0. The zero-order valence-electron chi connectivity index (χ0n) is 15.2. The average Bonchev–Trinajstić information content (AvgIpc) is 3.30. The summed E-state index contributed by atoms with van der Waals surface area (Å²) in [6.45, 7) is 3.07. The molecule has 27 heavy (non-hydrogen) atoms. The minimum absolute atomic E-state index is 0.371. The number of anilines is 2. The first-order valence-corrected chi connectivity index (χ1v) is 8.82. The second-order valence-electron chi connectivity index (χ2n) is 7.33. The van der Waals surface area contributed by atoms with E-state index < -0.39 is 11.1 Å². The largest absolute Gasteiger partial charge is 0.419 e. The third-order valence-electron chi connectivity index (χ3n) is 4.81. The molecule has 5 nitrogen and oxygen atoms in total. The minimum Gasteiger partial charge on any atom is -0.419 e. The van der Waals surface area contributed by atoms with Gasteiger partial charge >= 0.3 is 0 Å². The number of para-hydroxylation sites is 1. The predicted molar refractivity (Wildman–Crippen MR) is 100 cm³/mol. The fraction of sp³-hybridized carbons (Fsp3) is 0.286. The van der Waals surface area contributed by atoms with E-state index in [1.807, 2.05) is 36.4 Å². The standard InChI is InChI=1S/C21H19FN4O/c1-20(2,22)14-7-9-15(10-8-14)24-17-6-4-3-5-16(17)18-25-26-19(27-18)21(13-23)11-12-21/h3-10,24H,11-12H2,1-2H3. The number of rotatable bonds is 5. The van der Waals surface area contributed by atoms with Gasteiger partial charge in [0.25, 0.3) is 0 Å². The molecule has 6 heteroatoms. The van der Waals surface area contributed by atoms with E-state index in [9.17, 15) is 9.65 Å². The molecule has 0 radical (unpaired) electrons. The van der Waals surface area contributed by atoms with E-state index in [-0.39, 0.29) is 0 Å². The lowest BCUT2D eigenvalue weighted by atomic mass is 10.00. The summed E-state index contributed by atoms with van der Waals surface area (Å²) in [5.41, 5.74) is 1.00. The first-order chi connectivity index (χ1) is 12.9. The predicted octanol–water partition coefficient (Wildman–Crippen LogP) is 5.24. The number of halogens is 1. The number of nitriles is 1. The Morgan fingerprint density at radius 3 is 2.44 bits per heavy atom. The number of nitrogens with zero attached hydrogens (tertiary/aromatic N) is 3. The Morgan fingerprint density at radius 2 is 1.81 bits per heavy atom. The van der Waals surface area contributed by atoms with E-state index in [4.69, 9.17) is 4.42 Å². The van der Waals surface area contributed by atoms with Crippen molar-refractivity contribution in [1.82, 2.24) is 10.2 Å². The SMILES string of the molecule is CC(C)(F)c1ccc(Nc2ccccc2-c2nnc(C3(C#N)CC3)o2)cc1. The van der Waals surface area contributed by atoms with E-state index in [0.29, 0.717) is 17.3 Å². The number of hydrogen-bond donors (Lipinski definition) is 1. The third kappa shape index (κ3) is 3.28. The van der Waals surface area contributed by atoms with Crippen molar-refractivity contribution in [3.8, 4) is 17.5 Å². The van der Waals surface area contributed by atoms with Gasteiger partial charge in [0, 0.05) is 5.69 Å². The van der Waals surface area contributed by atoms with Crippen LogP contribution in [0, 0.1) is 11.3 Å². The van der Waals surface area contributed by atoms with Crippen molar-refractivity contribution >= 4 is 11.4 Å². The lowest BCUT2D eigenvalue weighted by Crippen LogP contribution is -2.08. The van der Waals surface area contributed by atoms with Crippen LogP contribution in [0.25, 0.3) is 11.5 Å². The summed E-state index contributed by atoms with van der Waals surface area (Å²) in [5, 5.41) is 20.8. The van der Waals surface area contributed by atoms with Crippen molar-refractivity contribution in [3.05, 3.63) is 60.0 Å². The fourth-order valence-corrected chi connectivity index (χ4v) is 2.91. The molecular weight excluding hydrogens is 343 g/mol. The fourth-order valence-electron chi connectivity index (χ4n) is 2.91. The van der Waals surface area contributed by atoms with E-state index in [1.165, 1.54) is 13.8 Å². The summed E-state index contributed by atoms with van der Waals surface area (Å²) in [5.74, 6) is 0.750. The van der Waals surface area contributed by atoms with Crippen LogP contribution in [0.15, 0.2) is 52.9 Å². The highest BCUT2D eigenvalue weighted by atomic mass is 19.1. The Bertz CT molecular complexity index is 1010. The molecule has 1 saturated carbocycles. The van der Waals surface area contributed by atoms with Gasteiger partial charge in [-0.25, -0.2) is 4.39 Å². The Balaban J connectivity index is 1.62. The maximum Gasteiger partial charge on any atom is 0.249 e. The molecule has 1 aliphatic rings. The van der Waals surface area contributed by atoms with Crippen molar-refractivity contribution in [2.24, 2.45) is 0 Å². The molecule has 4 rings (SSSR count). The van der Waals surface area contributed by atoms with Gasteiger partial charge in [-0.05, 0) is 56.5 Å². The van der Waals surface area contributed by atoms with Gasteiger partial charge < -0.3 is 9.73 Å². The second-order valence-corrected chi connectivity index (χ2v) is 7.33. The van der Waals surface area contributed by atoms with Crippen LogP contribution in [0.5, 0.6) is 0 Å². The van der Waals surface area contributed by atoms with Gasteiger partial charge in [-0.2, -0.15) is 5.26 Å². The van der Waals surface area contributed by atoms with Crippen LogP contribution in [0.2, 0.25) is 0 Å². The zero-order chi connectivity index (χ0) is 19.1. The van der Waals surface area contributed by atoms with Crippen molar-refractivity contribution in [2.45, 2.75) is 37.8 Å². The zero-order valence-corrected chi connectivity index (χ0v) is 15.2. The molecule has 0 atom stereocenters. The van der Waals surface area contributed by atoms with Crippen molar-refractivity contribution in [1.29, 1.82) is 5.26 Å². The molecule has 0 saturated heterocycles. The summed E-state index contributed by atoms with van der Waals surface area (Å²) in [7, 11) is 0. The third-order valence-corrected chi connectivity index (χ3v) is 4.81. The lowest BCUT2D eigenvalue weighted by molar-refractivity contribution is 0.221. The molecule has 1 fully saturated rings. The summed E-state index contributed by atoms with van der Waals surface area (Å²) in [6, 6.07) is 17.0. The summed E-state index contributed by atoms with van der Waals surface area (Å²) in [6.07, 6.45) is 1.50. The Kier molecular flexibility index (Phi) is 3.96. The van der Waals surface area contributed by atoms with E-state index in [0.717, 1.165) is 29.8 Å². The highest BCUT2D eigenvalue weighted by Gasteiger charge is 2.50. The van der Waals surface area contributed by atoms with Gasteiger partial charge in [0.15, 0.2) is 0 Å². The van der Waals surface area contributed by atoms with E-state index >= 15 is 0 Å². The first-order valence-electron chi connectivity index (χ1n) is 8.82. The molecule has 136 valence electrons. The summed E-state index contributed by atoms with van der Waals surface area (Å²) < 4.78 is 19.8. The monoisotopic (exact) mass is 362 g/mol. The van der Waals surface area contributed by atoms with Crippen molar-refractivity contribution in [3.63, 3.8) is 0 Å². The molecule has 1 N–H and O–H groups in total. The van der Waals surface area contributed by atoms with E-state index in [2.05, 4.69) is 21.6 Å². The van der Waals surface area contributed by atoms with Crippen LogP contribution in [0.1, 0.15) is 38.1 Å². The molecule has 0 spiro atoms. The Morgan fingerprint density at radius 1 is 1.11 bits per heavy atom. The van der Waals surface area contributed by atoms with Crippen LogP contribution in [-0.2, 0) is 11.1 Å². The molecule has 0 aliphatic heterocycles. The summed E-state index contributed by atoms with van der Waals surface area (Å²) >= 11 is 0. The topological polar surface area (TPSA) is 74.7 Å².